The van der Waals surface area contributed by atoms with Gasteiger partial charge in [0.15, 0.2) is 0 Å². The Kier molecular flexibility index (Phi) is 5.95. The van der Waals surface area contributed by atoms with Gasteiger partial charge in [-0.05, 0) is 30.9 Å². The molecule has 0 N–H and O–H groups in total. The van der Waals surface area contributed by atoms with Gasteiger partial charge in [0.05, 0.1) is 17.8 Å². The number of halogens is 3. The van der Waals surface area contributed by atoms with Crippen LogP contribution in [0.15, 0.2) is 76.6 Å². The first-order valence-corrected chi connectivity index (χ1v) is 10.3. The van der Waals surface area contributed by atoms with Crippen LogP contribution >= 0.6 is 0 Å². The molecule has 4 nitrogen and oxygen atoms in total. The van der Waals surface area contributed by atoms with Crippen LogP contribution in [0.5, 0.6) is 0 Å². The second kappa shape index (κ2) is 8.83. The summed E-state index contributed by atoms with van der Waals surface area (Å²) in [5.74, 6) is -0.0286. The minimum atomic E-state index is -4.83. The van der Waals surface area contributed by atoms with E-state index in [1.807, 2.05) is 30.3 Å². The molecule has 1 fully saturated rings. The summed E-state index contributed by atoms with van der Waals surface area (Å²) in [6.07, 6.45) is -1.47. The van der Waals surface area contributed by atoms with Crippen molar-refractivity contribution in [3.63, 3.8) is 0 Å². The van der Waals surface area contributed by atoms with Gasteiger partial charge in [0.25, 0.3) is 11.2 Å². The zero-order valence-corrected chi connectivity index (χ0v) is 17.1. The molecule has 162 valence electrons. The standard InChI is InChI=1S/C25H20F3N3O/c1-29-23-20(25(26,27)28)16-22(18-12-6-3-7-13-18)31(24(23)32)30-21-15-9-8-14-19(21)17-10-4-2-5-11-17/h2-7,10-13,16,19H,8-9,14-15H2/b30-21+. The molecule has 1 heterocycles. The Morgan fingerprint density at radius 2 is 1.66 bits per heavy atom. The smallest absolute Gasteiger partial charge is 0.281 e. The van der Waals surface area contributed by atoms with E-state index >= 15 is 0 Å². The summed E-state index contributed by atoms with van der Waals surface area (Å²) >= 11 is 0. The van der Waals surface area contributed by atoms with Crippen molar-refractivity contribution in [2.45, 2.75) is 37.8 Å². The average molecular weight is 435 g/mol. The highest BCUT2D eigenvalue weighted by molar-refractivity contribution is 5.91. The Bertz CT molecular complexity index is 1240. The number of hydrogen-bond acceptors (Lipinski definition) is 2. The molecule has 1 aliphatic carbocycles. The fourth-order valence-corrected chi connectivity index (χ4v) is 4.12. The van der Waals surface area contributed by atoms with Crippen LogP contribution in [0.3, 0.4) is 0 Å². The van der Waals surface area contributed by atoms with Crippen LogP contribution < -0.4 is 5.56 Å². The van der Waals surface area contributed by atoms with E-state index < -0.39 is 23.0 Å². The Hall–Kier alpha value is -3.66. The van der Waals surface area contributed by atoms with Crippen LogP contribution in [0, 0.1) is 6.57 Å². The van der Waals surface area contributed by atoms with Gasteiger partial charge in [-0.15, -0.1) is 0 Å². The first-order chi connectivity index (χ1) is 15.4. The highest BCUT2D eigenvalue weighted by Gasteiger charge is 2.36. The Morgan fingerprint density at radius 1 is 1.00 bits per heavy atom. The number of hydrogen-bond donors (Lipinski definition) is 0. The topological polar surface area (TPSA) is 38.7 Å². The molecule has 0 bridgehead atoms. The molecule has 1 aliphatic rings. The maximum atomic E-state index is 13.7. The number of pyridine rings is 1. The summed E-state index contributed by atoms with van der Waals surface area (Å²) in [4.78, 5) is 16.1. The number of rotatable bonds is 3. The molecule has 1 unspecified atom stereocenters. The lowest BCUT2D eigenvalue weighted by Crippen LogP contribution is -2.26. The van der Waals surface area contributed by atoms with Crippen LogP contribution in [0.2, 0.25) is 0 Å². The highest BCUT2D eigenvalue weighted by Crippen LogP contribution is 2.37. The Balaban J connectivity index is 1.97. The molecule has 4 rings (SSSR count). The first-order valence-electron chi connectivity index (χ1n) is 10.3. The minimum Gasteiger partial charge on any atom is -0.281 e. The monoisotopic (exact) mass is 435 g/mol. The zero-order valence-electron chi connectivity index (χ0n) is 17.1. The maximum Gasteiger partial charge on any atom is 0.407 e. The van der Waals surface area contributed by atoms with E-state index in [0.29, 0.717) is 12.0 Å². The molecule has 0 radical (unpaired) electrons. The van der Waals surface area contributed by atoms with E-state index in [2.05, 4.69) is 9.95 Å². The van der Waals surface area contributed by atoms with Crippen molar-refractivity contribution < 1.29 is 13.2 Å². The lowest BCUT2D eigenvalue weighted by atomic mass is 9.82. The number of nitrogens with zero attached hydrogens (tertiary/aromatic N) is 3. The lowest BCUT2D eigenvalue weighted by Gasteiger charge is -2.25. The van der Waals surface area contributed by atoms with Gasteiger partial charge >= 0.3 is 6.18 Å². The van der Waals surface area contributed by atoms with E-state index in [1.54, 1.807) is 30.3 Å². The fraction of sp³-hybridized carbons (Fsp3) is 0.240. The maximum absolute atomic E-state index is 13.7. The minimum absolute atomic E-state index is 0.0141. The lowest BCUT2D eigenvalue weighted by molar-refractivity contribution is -0.136. The van der Waals surface area contributed by atoms with Crippen molar-refractivity contribution >= 4 is 11.4 Å². The van der Waals surface area contributed by atoms with Gasteiger partial charge in [-0.3, -0.25) is 4.79 Å². The van der Waals surface area contributed by atoms with Crippen molar-refractivity contribution in [3.8, 4) is 11.3 Å². The van der Waals surface area contributed by atoms with Crippen LogP contribution in [0.4, 0.5) is 18.9 Å². The normalized spacial score (nSPS) is 17.8. The van der Waals surface area contributed by atoms with E-state index in [0.717, 1.165) is 41.3 Å². The van der Waals surface area contributed by atoms with E-state index in [9.17, 15) is 18.0 Å². The largest absolute Gasteiger partial charge is 0.407 e. The van der Waals surface area contributed by atoms with E-state index in [-0.39, 0.29) is 11.6 Å². The summed E-state index contributed by atoms with van der Waals surface area (Å²) in [7, 11) is 0. The van der Waals surface area contributed by atoms with Gasteiger partial charge in [-0.25, -0.2) is 9.52 Å². The average Bonchev–Trinajstić information content (AvgIpc) is 2.81. The second-order valence-electron chi connectivity index (χ2n) is 7.68. The summed E-state index contributed by atoms with van der Waals surface area (Å²) < 4.78 is 42.0. The third-order valence-electron chi connectivity index (χ3n) is 5.65. The second-order valence-corrected chi connectivity index (χ2v) is 7.68. The van der Waals surface area contributed by atoms with E-state index in [1.165, 1.54) is 0 Å². The van der Waals surface area contributed by atoms with Gasteiger partial charge in [-0.2, -0.15) is 18.3 Å². The van der Waals surface area contributed by atoms with Crippen molar-refractivity contribution in [3.05, 3.63) is 99.6 Å². The third-order valence-corrected chi connectivity index (χ3v) is 5.65. The predicted molar refractivity (Wildman–Crippen MR) is 118 cm³/mol. The summed E-state index contributed by atoms with van der Waals surface area (Å²) in [6.45, 7) is 7.23. The molecular formula is C25H20F3N3O. The molecule has 0 spiro atoms. The Labute approximate surface area is 183 Å². The SMILES string of the molecule is [C-]#[N+]c1c(C(F)(F)F)cc(-c2ccccc2)n(/N=C2\CCCCC2c2ccccc2)c1=O. The Morgan fingerprint density at radius 3 is 2.28 bits per heavy atom. The van der Waals surface area contributed by atoms with Gasteiger partial charge in [0.1, 0.15) is 0 Å². The van der Waals surface area contributed by atoms with Crippen molar-refractivity contribution in [1.29, 1.82) is 0 Å². The molecule has 0 saturated heterocycles. The van der Waals surface area contributed by atoms with Gasteiger partial charge in [0, 0.05) is 17.2 Å². The zero-order chi connectivity index (χ0) is 22.7. The first kappa shape index (κ1) is 21.6. The predicted octanol–water partition coefficient (Wildman–Crippen LogP) is 6.65. The summed E-state index contributed by atoms with van der Waals surface area (Å²) in [5, 5.41) is 4.59. The van der Waals surface area contributed by atoms with Crippen molar-refractivity contribution in [2.75, 3.05) is 0 Å². The van der Waals surface area contributed by atoms with Crippen LogP contribution in [0.1, 0.15) is 42.7 Å². The molecule has 7 heteroatoms. The van der Waals surface area contributed by atoms with Crippen molar-refractivity contribution in [1.82, 2.24) is 4.68 Å². The number of aromatic nitrogens is 1. The fourth-order valence-electron chi connectivity index (χ4n) is 4.12. The molecule has 1 aromatic heterocycles. The third kappa shape index (κ3) is 4.22. The van der Waals surface area contributed by atoms with Gasteiger partial charge < -0.3 is 0 Å². The van der Waals surface area contributed by atoms with Gasteiger partial charge in [0.2, 0.25) is 0 Å². The highest BCUT2D eigenvalue weighted by atomic mass is 19.4. The molecule has 32 heavy (non-hydrogen) atoms. The summed E-state index contributed by atoms with van der Waals surface area (Å²) in [5.41, 5.74) is -1.04. The molecule has 2 aromatic carbocycles. The van der Waals surface area contributed by atoms with Crippen molar-refractivity contribution in [2.24, 2.45) is 5.10 Å². The molecule has 0 amide bonds. The van der Waals surface area contributed by atoms with E-state index in [4.69, 9.17) is 6.57 Å². The molecule has 3 aromatic rings. The number of alkyl halides is 3. The quantitative estimate of drug-likeness (QED) is 0.425. The summed E-state index contributed by atoms with van der Waals surface area (Å²) in [6, 6.07) is 19.0. The molecule has 1 saturated carbocycles. The van der Waals surface area contributed by atoms with Gasteiger partial charge in [-0.1, -0.05) is 67.1 Å². The molecular weight excluding hydrogens is 415 g/mol. The number of benzene rings is 2. The molecule has 1 atom stereocenters. The van der Waals surface area contributed by atoms with Crippen LogP contribution in [-0.4, -0.2) is 10.4 Å². The molecule has 0 aliphatic heterocycles. The van der Waals surface area contributed by atoms with Crippen LogP contribution in [0.25, 0.3) is 16.1 Å². The van der Waals surface area contributed by atoms with Crippen LogP contribution in [-0.2, 0) is 6.18 Å².